The van der Waals surface area contributed by atoms with Gasteiger partial charge < -0.3 is 9.47 Å². The Balaban J connectivity index is 2.20. The molecule has 0 amide bonds. The first-order valence-electron chi connectivity index (χ1n) is 3.34. The lowest BCUT2D eigenvalue weighted by Crippen LogP contribution is -2.04. The number of hydrogen-bond acceptors (Lipinski definition) is 2. The van der Waals surface area contributed by atoms with Gasteiger partial charge in [0.1, 0.15) is 0 Å². The molecule has 1 heterocycles. The molecule has 0 atom stereocenters. The molecule has 0 N–H and O–H groups in total. The summed E-state index contributed by atoms with van der Waals surface area (Å²) in [7, 11) is 0. The maximum absolute atomic E-state index is 5.07. The van der Waals surface area contributed by atoms with E-state index in [1.54, 1.807) is 0 Å². The van der Waals surface area contributed by atoms with E-state index in [1.165, 1.54) is 6.42 Å². The van der Waals surface area contributed by atoms with Crippen molar-refractivity contribution in [3.05, 3.63) is 12.5 Å². The van der Waals surface area contributed by atoms with E-state index in [9.17, 15) is 0 Å². The molecule has 0 radical (unpaired) electrons. The minimum absolute atomic E-state index is 0.481. The van der Waals surface area contributed by atoms with Crippen molar-refractivity contribution in [1.82, 2.24) is 0 Å². The van der Waals surface area contributed by atoms with Crippen LogP contribution in [0.4, 0.5) is 0 Å². The van der Waals surface area contributed by atoms with Crippen LogP contribution in [0.2, 0.25) is 0 Å². The van der Waals surface area contributed by atoms with Crippen LogP contribution >= 0.6 is 0 Å². The van der Waals surface area contributed by atoms with Gasteiger partial charge in [-0.3, -0.25) is 0 Å². The van der Waals surface area contributed by atoms with Crippen molar-refractivity contribution < 1.29 is 9.47 Å². The Bertz CT molecular complexity index is 89.1. The standard InChI is InChI=1S/C7H12O2/c1-7-8-5-3-2-4-6-9-7/h1-6H2. The van der Waals surface area contributed by atoms with Crippen molar-refractivity contribution >= 4 is 0 Å². The molecule has 1 rings (SSSR count). The molecule has 0 spiro atoms. The molecule has 52 valence electrons. The van der Waals surface area contributed by atoms with Crippen LogP contribution in [0, 0.1) is 0 Å². The monoisotopic (exact) mass is 128 g/mol. The summed E-state index contributed by atoms with van der Waals surface area (Å²) in [5.74, 6) is 0.481. The third kappa shape index (κ3) is 2.40. The van der Waals surface area contributed by atoms with Crippen molar-refractivity contribution in [2.75, 3.05) is 13.2 Å². The third-order valence-electron chi connectivity index (χ3n) is 1.31. The van der Waals surface area contributed by atoms with Gasteiger partial charge in [0.2, 0.25) is 0 Å². The lowest BCUT2D eigenvalue weighted by molar-refractivity contribution is 0.0210. The predicted molar refractivity (Wildman–Crippen MR) is 34.9 cm³/mol. The maximum atomic E-state index is 5.07. The van der Waals surface area contributed by atoms with Crippen LogP contribution in [-0.4, -0.2) is 13.2 Å². The zero-order chi connectivity index (χ0) is 6.53. The third-order valence-corrected chi connectivity index (χ3v) is 1.31. The predicted octanol–water partition coefficient (Wildman–Crippen LogP) is 1.67. The molecule has 0 aliphatic carbocycles. The summed E-state index contributed by atoms with van der Waals surface area (Å²) in [5, 5.41) is 0. The van der Waals surface area contributed by atoms with Gasteiger partial charge in [0.25, 0.3) is 5.95 Å². The van der Waals surface area contributed by atoms with Crippen LogP contribution in [0.3, 0.4) is 0 Å². The highest BCUT2D eigenvalue weighted by atomic mass is 16.7. The molecule has 9 heavy (non-hydrogen) atoms. The highest BCUT2D eigenvalue weighted by molar-refractivity contribution is 4.68. The molecule has 2 heteroatoms. The van der Waals surface area contributed by atoms with Crippen molar-refractivity contribution in [1.29, 1.82) is 0 Å². The van der Waals surface area contributed by atoms with Crippen LogP contribution in [0.25, 0.3) is 0 Å². The Morgan fingerprint density at radius 1 is 1.00 bits per heavy atom. The van der Waals surface area contributed by atoms with Crippen LogP contribution < -0.4 is 0 Å². The van der Waals surface area contributed by atoms with Gasteiger partial charge in [0.15, 0.2) is 0 Å². The fourth-order valence-electron chi connectivity index (χ4n) is 0.795. The van der Waals surface area contributed by atoms with Crippen LogP contribution in [-0.2, 0) is 9.47 Å². The van der Waals surface area contributed by atoms with Gasteiger partial charge in [-0.1, -0.05) is 0 Å². The van der Waals surface area contributed by atoms with E-state index in [0.29, 0.717) is 5.95 Å². The lowest BCUT2D eigenvalue weighted by Gasteiger charge is -2.13. The first-order chi connectivity index (χ1) is 4.39. The van der Waals surface area contributed by atoms with E-state index < -0.39 is 0 Å². The summed E-state index contributed by atoms with van der Waals surface area (Å²) in [5.41, 5.74) is 0. The molecule has 0 saturated carbocycles. The highest BCUT2D eigenvalue weighted by Crippen LogP contribution is 2.06. The topological polar surface area (TPSA) is 18.5 Å². The van der Waals surface area contributed by atoms with Gasteiger partial charge in [0.05, 0.1) is 13.2 Å². The van der Waals surface area contributed by atoms with Gasteiger partial charge in [-0.2, -0.15) is 0 Å². The van der Waals surface area contributed by atoms with Gasteiger partial charge in [-0.05, 0) is 25.8 Å². The van der Waals surface area contributed by atoms with E-state index in [2.05, 4.69) is 6.58 Å². The second-order valence-electron chi connectivity index (χ2n) is 2.13. The summed E-state index contributed by atoms with van der Waals surface area (Å²) in [6, 6.07) is 0. The number of hydrogen-bond donors (Lipinski definition) is 0. The molecular formula is C7H12O2. The van der Waals surface area contributed by atoms with Crippen molar-refractivity contribution in [3.8, 4) is 0 Å². The van der Waals surface area contributed by atoms with Crippen molar-refractivity contribution in [3.63, 3.8) is 0 Å². The van der Waals surface area contributed by atoms with Crippen molar-refractivity contribution in [2.45, 2.75) is 19.3 Å². The number of ether oxygens (including phenoxy) is 2. The zero-order valence-electron chi connectivity index (χ0n) is 5.56. The average Bonchev–Trinajstić information content (AvgIpc) is 1.79. The highest BCUT2D eigenvalue weighted by Gasteiger charge is 1.99. The summed E-state index contributed by atoms with van der Waals surface area (Å²) in [4.78, 5) is 0. The first kappa shape index (κ1) is 6.46. The van der Waals surface area contributed by atoms with Gasteiger partial charge in [-0.15, -0.1) is 0 Å². The van der Waals surface area contributed by atoms with Crippen molar-refractivity contribution in [2.24, 2.45) is 0 Å². The fraction of sp³-hybridized carbons (Fsp3) is 0.714. The van der Waals surface area contributed by atoms with E-state index in [4.69, 9.17) is 9.47 Å². The SMILES string of the molecule is C=C1OCCCCCO1. The van der Waals surface area contributed by atoms with E-state index >= 15 is 0 Å². The molecule has 1 saturated heterocycles. The number of rotatable bonds is 0. The minimum Gasteiger partial charge on any atom is -0.466 e. The average molecular weight is 128 g/mol. The molecule has 1 fully saturated rings. The van der Waals surface area contributed by atoms with Gasteiger partial charge in [-0.25, -0.2) is 0 Å². The van der Waals surface area contributed by atoms with E-state index in [1.807, 2.05) is 0 Å². The van der Waals surface area contributed by atoms with Crippen LogP contribution in [0.5, 0.6) is 0 Å². The maximum Gasteiger partial charge on any atom is 0.271 e. The Morgan fingerprint density at radius 2 is 1.56 bits per heavy atom. The molecule has 2 nitrogen and oxygen atoms in total. The summed E-state index contributed by atoms with van der Waals surface area (Å²) in [6.07, 6.45) is 3.46. The molecule has 0 aromatic carbocycles. The zero-order valence-corrected chi connectivity index (χ0v) is 5.56. The molecule has 0 aromatic rings. The molecule has 0 aromatic heterocycles. The van der Waals surface area contributed by atoms with E-state index in [-0.39, 0.29) is 0 Å². The smallest absolute Gasteiger partial charge is 0.271 e. The largest absolute Gasteiger partial charge is 0.466 e. The van der Waals surface area contributed by atoms with Gasteiger partial charge >= 0.3 is 0 Å². The Morgan fingerprint density at radius 3 is 2.11 bits per heavy atom. The molecule has 1 aliphatic heterocycles. The molecule has 0 unspecified atom stereocenters. The quantitative estimate of drug-likeness (QED) is 0.494. The summed E-state index contributed by atoms with van der Waals surface area (Å²) < 4.78 is 10.1. The Labute approximate surface area is 55.5 Å². The normalized spacial score (nSPS) is 21.1. The Kier molecular flexibility index (Phi) is 2.43. The minimum atomic E-state index is 0.481. The first-order valence-corrected chi connectivity index (χ1v) is 3.34. The summed E-state index contributed by atoms with van der Waals surface area (Å²) in [6.45, 7) is 5.10. The molecule has 1 aliphatic rings. The summed E-state index contributed by atoms with van der Waals surface area (Å²) >= 11 is 0. The van der Waals surface area contributed by atoms with Crippen LogP contribution in [0.15, 0.2) is 12.5 Å². The lowest BCUT2D eigenvalue weighted by atomic mass is 10.2. The van der Waals surface area contributed by atoms with Crippen LogP contribution in [0.1, 0.15) is 19.3 Å². The second-order valence-corrected chi connectivity index (χ2v) is 2.13. The van der Waals surface area contributed by atoms with E-state index in [0.717, 1.165) is 26.1 Å². The Hall–Kier alpha value is -0.660. The second kappa shape index (κ2) is 3.38. The molecular weight excluding hydrogens is 116 g/mol. The molecule has 0 bridgehead atoms. The fourth-order valence-corrected chi connectivity index (χ4v) is 0.795. The van der Waals surface area contributed by atoms with Gasteiger partial charge in [0, 0.05) is 0 Å².